The summed E-state index contributed by atoms with van der Waals surface area (Å²) in [7, 11) is 0. The van der Waals surface area contributed by atoms with E-state index in [0.29, 0.717) is 11.6 Å². The van der Waals surface area contributed by atoms with Crippen molar-refractivity contribution in [2.24, 2.45) is 5.73 Å². The zero-order valence-electron chi connectivity index (χ0n) is 7.09. The Labute approximate surface area is 86.5 Å². The van der Waals surface area contributed by atoms with Crippen molar-refractivity contribution in [1.82, 2.24) is 0 Å². The molecule has 13 heavy (non-hydrogen) atoms. The van der Waals surface area contributed by atoms with Crippen LogP contribution in [0, 0.1) is 5.82 Å². The number of benzene rings is 1. The highest BCUT2D eigenvalue weighted by molar-refractivity contribution is 7.98. The van der Waals surface area contributed by atoms with Gasteiger partial charge in [-0.3, -0.25) is 0 Å². The molecule has 2 N–H and O–H groups in total. The second-order valence-electron chi connectivity index (χ2n) is 2.58. The fourth-order valence-corrected chi connectivity index (χ4v) is 2.00. The van der Waals surface area contributed by atoms with Crippen molar-refractivity contribution in [3.8, 4) is 0 Å². The third-order valence-electron chi connectivity index (χ3n) is 1.53. The van der Waals surface area contributed by atoms with E-state index in [0.717, 1.165) is 17.1 Å². The first kappa shape index (κ1) is 10.8. The number of hydrogen-bond acceptors (Lipinski definition) is 2. The lowest BCUT2D eigenvalue weighted by molar-refractivity contribution is 0.627. The Balaban J connectivity index is 2.56. The minimum atomic E-state index is -0.294. The Morgan fingerprint density at radius 1 is 1.46 bits per heavy atom. The topological polar surface area (TPSA) is 26.0 Å². The van der Waals surface area contributed by atoms with Gasteiger partial charge in [0.1, 0.15) is 5.82 Å². The number of hydrogen-bond donors (Lipinski definition) is 1. The van der Waals surface area contributed by atoms with Gasteiger partial charge < -0.3 is 5.73 Å². The average molecular weight is 220 g/mol. The van der Waals surface area contributed by atoms with Gasteiger partial charge in [0.2, 0.25) is 0 Å². The molecule has 0 amide bonds. The molecule has 0 heterocycles. The van der Waals surface area contributed by atoms with Crippen LogP contribution in [0.25, 0.3) is 0 Å². The highest BCUT2D eigenvalue weighted by Crippen LogP contribution is 2.21. The fourth-order valence-electron chi connectivity index (χ4n) is 0.904. The van der Waals surface area contributed by atoms with Gasteiger partial charge in [-0.1, -0.05) is 17.7 Å². The predicted molar refractivity (Wildman–Crippen MR) is 56.6 cm³/mol. The normalized spacial score (nSPS) is 10.4. The molecule has 1 aromatic carbocycles. The lowest BCUT2D eigenvalue weighted by Gasteiger charge is -2.02. The number of nitrogens with two attached hydrogens (primary N) is 1. The summed E-state index contributed by atoms with van der Waals surface area (Å²) in [6, 6.07) is 4.46. The van der Waals surface area contributed by atoms with Crippen LogP contribution in [0.1, 0.15) is 5.56 Å². The summed E-state index contributed by atoms with van der Waals surface area (Å²) in [5, 5.41) is 0.490. The monoisotopic (exact) mass is 219 g/mol. The lowest BCUT2D eigenvalue weighted by atomic mass is 10.2. The molecule has 0 aliphatic heterocycles. The van der Waals surface area contributed by atoms with Gasteiger partial charge in [-0.2, -0.15) is 11.8 Å². The maximum absolute atomic E-state index is 12.6. The third kappa shape index (κ3) is 3.55. The maximum atomic E-state index is 12.6. The van der Waals surface area contributed by atoms with Crippen molar-refractivity contribution in [1.29, 1.82) is 0 Å². The van der Waals surface area contributed by atoms with E-state index in [-0.39, 0.29) is 5.82 Å². The zero-order chi connectivity index (χ0) is 9.68. The molecule has 1 aromatic rings. The summed E-state index contributed by atoms with van der Waals surface area (Å²) in [5.41, 5.74) is 6.30. The number of rotatable bonds is 4. The van der Waals surface area contributed by atoms with Crippen molar-refractivity contribution >= 4 is 23.4 Å². The largest absolute Gasteiger partial charge is 0.330 e. The molecule has 0 fully saturated rings. The first-order valence-electron chi connectivity index (χ1n) is 3.96. The Morgan fingerprint density at radius 2 is 2.23 bits per heavy atom. The smallest absolute Gasteiger partial charge is 0.124 e. The van der Waals surface area contributed by atoms with Crippen LogP contribution in [0.2, 0.25) is 5.02 Å². The second-order valence-corrected chi connectivity index (χ2v) is 4.09. The zero-order valence-corrected chi connectivity index (χ0v) is 8.67. The molecule has 72 valence electrons. The molecule has 1 rings (SSSR count). The van der Waals surface area contributed by atoms with Crippen LogP contribution in [-0.2, 0) is 5.75 Å². The Hall–Kier alpha value is -0.250. The van der Waals surface area contributed by atoms with Gasteiger partial charge in [0.25, 0.3) is 0 Å². The van der Waals surface area contributed by atoms with E-state index in [9.17, 15) is 4.39 Å². The predicted octanol–water partition coefficient (Wildman–Crippen LogP) is 2.67. The first-order chi connectivity index (χ1) is 6.24. The van der Waals surface area contributed by atoms with Gasteiger partial charge in [0, 0.05) is 23.1 Å². The quantitative estimate of drug-likeness (QED) is 0.788. The molecule has 0 aromatic heterocycles. The van der Waals surface area contributed by atoms with E-state index in [1.807, 2.05) is 0 Å². The van der Waals surface area contributed by atoms with Crippen molar-refractivity contribution in [2.75, 3.05) is 12.3 Å². The molecule has 0 saturated heterocycles. The first-order valence-corrected chi connectivity index (χ1v) is 5.49. The van der Waals surface area contributed by atoms with Crippen LogP contribution in [0.15, 0.2) is 18.2 Å². The van der Waals surface area contributed by atoms with Gasteiger partial charge >= 0.3 is 0 Å². The van der Waals surface area contributed by atoms with Crippen LogP contribution in [0.3, 0.4) is 0 Å². The maximum Gasteiger partial charge on any atom is 0.124 e. The Bertz CT molecular complexity index is 280. The molecule has 0 radical (unpaired) electrons. The van der Waals surface area contributed by atoms with E-state index in [4.69, 9.17) is 17.3 Å². The second kappa shape index (κ2) is 5.47. The summed E-state index contributed by atoms with van der Waals surface area (Å²) < 4.78 is 12.6. The molecule has 0 aliphatic rings. The molecular formula is C9H11ClFNS. The summed E-state index contributed by atoms with van der Waals surface area (Å²) in [4.78, 5) is 0. The molecule has 0 unspecified atom stereocenters. The van der Waals surface area contributed by atoms with Crippen molar-refractivity contribution in [3.63, 3.8) is 0 Å². The SMILES string of the molecule is NCCSCc1ccc(F)cc1Cl. The summed E-state index contributed by atoms with van der Waals surface area (Å²) in [6.45, 7) is 0.656. The fraction of sp³-hybridized carbons (Fsp3) is 0.333. The standard InChI is InChI=1S/C9H11ClFNS/c10-9-5-8(11)2-1-7(9)6-13-4-3-12/h1-2,5H,3-4,6,12H2. The molecule has 0 aliphatic carbocycles. The van der Waals surface area contributed by atoms with Crippen LogP contribution < -0.4 is 5.73 Å². The van der Waals surface area contributed by atoms with E-state index >= 15 is 0 Å². The molecule has 4 heteroatoms. The highest BCUT2D eigenvalue weighted by Gasteiger charge is 2.01. The molecule has 0 atom stereocenters. The number of thioether (sulfide) groups is 1. The summed E-state index contributed by atoms with van der Waals surface area (Å²) in [5.74, 6) is 1.39. The molecule has 0 saturated carbocycles. The summed E-state index contributed by atoms with van der Waals surface area (Å²) >= 11 is 7.52. The van der Waals surface area contributed by atoms with E-state index in [2.05, 4.69) is 0 Å². The average Bonchev–Trinajstić information content (AvgIpc) is 2.09. The number of halogens is 2. The van der Waals surface area contributed by atoms with E-state index < -0.39 is 0 Å². The lowest BCUT2D eigenvalue weighted by Crippen LogP contribution is -2.01. The molecule has 0 bridgehead atoms. The minimum Gasteiger partial charge on any atom is -0.330 e. The van der Waals surface area contributed by atoms with Crippen LogP contribution in [-0.4, -0.2) is 12.3 Å². The molecule has 0 spiro atoms. The van der Waals surface area contributed by atoms with Crippen molar-refractivity contribution < 1.29 is 4.39 Å². The molecule has 1 nitrogen and oxygen atoms in total. The van der Waals surface area contributed by atoms with Gasteiger partial charge in [-0.25, -0.2) is 4.39 Å². The van der Waals surface area contributed by atoms with Gasteiger partial charge in [0.05, 0.1) is 0 Å². The third-order valence-corrected chi connectivity index (χ3v) is 2.93. The van der Waals surface area contributed by atoms with Crippen LogP contribution in [0.4, 0.5) is 4.39 Å². The van der Waals surface area contributed by atoms with E-state index in [1.165, 1.54) is 12.1 Å². The van der Waals surface area contributed by atoms with Gasteiger partial charge in [-0.15, -0.1) is 0 Å². The van der Waals surface area contributed by atoms with Crippen molar-refractivity contribution in [2.45, 2.75) is 5.75 Å². The van der Waals surface area contributed by atoms with Crippen LogP contribution in [0.5, 0.6) is 0 Å². The van der Waals surface area contributed by atoms with E-state index in [1.54, 1.807) is 17.8 Å². The minimum absolute atomic E-state index is 0.294. The van der Waals surface area contributed by atoms with Gasteiger partial charge in [0.15, 0.2) is 0 Å². The highest BCUT2D eigenvalue weighted by atomic mass is 35.5. The van der Waals surface area contributed by atoms with Gasteiger partial charge in [-0.05, 0) is 17.7 Å². The van der Waals surface area contributed by atoms with Crippen molar-refractivity contribution in [3.05, 3.63) is 34.6 Å². The molecular weight excluding hydrogens is 209 g/mol. The summed E-state index contributed by atoms with van der Waals surface area (Å²) in [6.07, 6.45) is 0. The van der Waals surface area contributed by atoms with Crippen LogP contribution >= 0.6 is 23.4 Å². The Kier molecular flexibility index (Phi) is 4.56. The Morgan fingerprint density at radius 3 is 2.85 bits per heavy atom.